The molecular weight excluding hydrogens is 403 g/mol. The number of para-hydroxylation sites is 1. The van der Waals surface area contributed by atoms with Gasteiger partial charge < -0.3 is 4.48 Å². The van der Waals surface area contributed by atoms with Gasteiger partial charge >= 0.3 is 7.40 Å². The summed E-state index contributed by atoms with van der Waals surface area (Å²) in [4.78, 5) is 9.01. The summed E-state index contributed by atoms with van der Waals surface area (Å²) in [5.74, 6) is 0.379. The Morgan fingerprint density at radius 1 is 0.844 bits per heavy atom. The van der Waals surface area contributed by atoms with Crippen molar-refractivity contribution in [1.82, 2.24) is 4.48 Å². The Labute approximate surface area is 186 Å². The SMILES string of the molecule is CN=C(N=c1ccc2ccccc2n1B(F)F)/C(=C\c1ccccc1C)c1ccccc1. The lowest BCUT2D eigenvalue weighted by Crippen LogP contribution is -2.30. The van der Waals surface area contributed by atoms with E-state index in [-0.39, 0.29) is 5.49 Å². The maximum absolute atomic E-state index is 14.1. The monoisotopic (exact) mass is 425 g/mol. The zero-order valence-electron chi connectivity index (χ0n) is 17.9. The zero-order chi connectivity index (χ0) is 22.5. The van der Waals surface area contributed by atoms with Crippen LogP contribution in [-0.4, -0.2) is 24.8 Å². The maximum atomic E-state index is 14.1. The smallest absolute Gasteiger partial charge is 0.310 e. The van der Waals surface area contributed by atoms with E-state index >= 15 is 0 Å². The van der Waals surface area contributed by atoms with Gasteiger partial charge in [-0.2, -0.15) is 0 Å². The summed E-state index contributed by atoms with van der Waals surface area (Å²) in [6, 6.07) is 28.2. The van der Waals surface area contributed by atoms with Crippen molar-refractivity contribution < 1.29 is 8.63 Å². The van der Waals surface area contributed by atoms with Crippen LogP contribution in [0.3, 0.4) is 0 Å². The quantitative estimate of drug-likeness (QED) is 0.169. The largest absolute Gasteiger partial charge is 0.679 e. The van der Waals surface area contributed by atoms with Crippen LogP contribution >= 0.6 is 0 Å². The van der Waals surface area contributed by atoms with Crippen molar-refractivity contribution >= 4 is 35.8 Å². The lowest BCUT2D eigenvalue weighted by atomic mass is 9.99. The number of aliphatic imine (C=N–C) groups is 1. The molecule has 4 rings (SSSR count). The topological polar surface area (TPSA) is 29.6 Å². The van der Waals surface area contributed by atoms with Gasteiger partial charge in [0.2, 0.25) is 0 Å². The highest BCUT2D eigenvalue weighted by molar-refractivity contribution is 6.42. The van der Waals surface area contributed by atoms with Gasteiger partial charge in [0.05, 0.1) is 0 Å². The number of rotatable bonds is 4. The fraction of sp³-hybridized carbons (Fsp3) is 0.0769. The van der Waals surface area contributed by atoms with Crippen LogP contribution < -0.4 is 5.49 Å². The molecule has 158 valence electrons. The van der Waals surface area contributed by atoms with E-state index < -0.39 is 7.40 Å². The number of hydrogen-bond acceptors (Lipinski definition) is 1. The molecule has 0 radical (unpaired) electrons. The van der Waals surface area contributed by atoms with E-state index in [9.17, 15) is 8.63 Å². The van der Waals surface area contributed by atoms with Crippen LogP contribution in [0.1, 0.15) is 16.7 Å². The van der Waals surface area contributed by atoms with Crippen LogP contribution in [0.2, 0.25) is 0 Å². The third kappa shape index (κ3) is 4.44. The highest BCUT2D eigenvalue weighted by Gasteiger charge is 2.20. The molecule has 4 aromatic rings. The summed E-state index contributed by atoms with van der Waals surface area (Å²) in [6.45, 7) is 2.03. The van der Waals surface area contributed by atoms with E-state index in [4.69, 9.17) is 0 Å². The van der Waals surface area contributed by atoms with Gasteiger partial charge in [0.1, 0.15) is 5.49 Å². The Balaban J connectivity index is 1.96. The molecule has 1 aromatic heterocycles. The lowest BCUT2D eigenvalue weighted by molar-refractivity contribution is 0.627. The Morgan fingerprint density at radius 2 is 1.53 bits per heavy atom. The molecule has 0 aliphatic carbocycles. The van der Waals surface area contributed by atoms with E-state index in [1.54, 1.807) is 37.4 Å². The Hall–Kier alpha value is -3.80. The first-order chi connectivity index (χ1) is 15.6. The third-order valence-corrected chi connectivity index (χ3v) is 5.30. The average molecular weight is 425 g/mol. The highest BCUT2D eigenvalue weighted by atomic mass is 19.2. The summed E-state index contributed by atoms with van der Waals surface area (Å²) in [7, 11) is -1.11. The maximum Gasteiger partial charge on any atom is 0.679 e. The normalized spacial score (nSPS) is 12.9. The van der Waals surface area contributed by atoms with Gasteiger partial charge in [-0.1, -0.05) is 72.8 Å². The van der Waals surface area contributed by atoms with Crippen LogP contribution in [0.15, 0.2) is 101 Å². The number of halogens is 2. The Kier molecular flexibility index (Phi) is 6.40. The van der Waals surface area contributed by atoms with E-state index in [1.165, 1.54) is 0 Å². The molecule has 0 amide bonds. The molecule has 0 aliphatic heterocycles. The molecular formula is C26H22BF2N3. The summed E-state index contributed by atoms with van der Waals surface area (Å²) < 4.78 is 29.1. The number of aryl methyl sites for hydroxylation is 1. The van der Waals surface area contributed by atoms with Crippen molar-refractivity contribution in [3.8, 4) is 0 Å². The van der Waals surface area contributed by atoms with Crippen molar-refractivity contribution in [1.29, 1.82) is 0 Å². The van der Waals surface area contributed by atoms with Crippen LogP contribution in [-0.2, 0) is 0 Å². The minimum atomic E-state index is -2.74. The van der Waals surface area contributed by atoms with Crippen molar-refractivity contribution in [3.05, 3.63) is 113 Å². The van der Waals surface area contributed by atoms with Gasteiger partial charge in [0.25, 0.3) is 0 Å². The second-order valence-electron chi connectivity index (χ2n) is 7.34. The van der Waals surface area contributed by atoms with Crippen molar-refractivity contribution in [2.45, 2.75) is 6.92 Å². The number of aromatic nitrogens is 1. The van der Waals surface area contributed by atoms with Gasteiger partial charge in [-0.3, -0.25) is 13.6 Å². The number of fused-ring (bicyclic) bond motifs is 1. The molecule has 0 bridgehead atoms. The predicted molar refractivity (Wildman–Crippen MR) is 130 cm³/mol. The van der Waals surface area contributed by atoms with Gasteiger partial charge in [-0.05, 0) is 53.3 Å². The lowest BCUT2D eigenvalue weighted by Gasteiger charge is -2.12. The van der Waals surface area contributed by atoms with Crippen molar-refractivity contribution in [2.24, 2.45) is 9.98 Å². The molecule has 0 N–H and O–H groups in total. The molecule has 3 aromatic carbocycles. The van der Waals surface area contributed by atoms with Gasteiger partial charge in [-0.15, -0.1) is 0 Å². The molecule has 6 heteroatoms. The molecule has 3 nitrogen and oxygen atoms in total. The van der Waals surface area contributed by atoms with Crippen molar-refractivity contribution in [2.75, 3.05) is 7.05 Å². The molecule has 0 atom stereocenters. The molecule has 0 saturated heterocycles. The molecule has 0 aliphatic rings. The molecule has 1 heterocycles. The Morgan fingerprint density at radius 3 is 2.25 bits per heavy atom. The van der Waals surface area contributed by atoms with Crippen molar-refractivity contribution in [3.63, 3.8) is 0 Å². The summed E-state index contributed by atoms with van der Waals surface area (Å²) in [6.07, 6.45) is 2.00. The predicted octanol–water partition coefficient (Wildman–Crippen LogP) is 5.89. The van der Waals surface area contributed by atoms with Crippen LogP contribution in [0.4, 0.5) is 8.63 Å². The first-order valence-electron chi connectivity index (χ1n) is 10.3. The molecule has 0 unspecified atom stereocenters. The Bertz CT molecular complexity index is 1370. The second-order valence-corrected chi connectivity index (χ2v) is 7.34. The number of nitrogens with zero attached hydrogens (tertiary/aromatic N) is 3. The zero-order valence-corrected chi connectivity index (χ0v) is 17.9. The fourth-order valence-electron chi connectivity index (χ4n) is 3.65. The summed E-state index contributed by atoms with van der Waals surface area (Å²) in [5, 5.41) is 0.723. The standard InChI is InChI=1S/C26H22BF2N3/c1-19-10-6-7-14-22(19)18-23(20-11-4-3-5-12-20)26(30-2)31-25-17-16-21-13-8-9-15-24(21)32(25)27(28)29/h3-18H,1-2H3/b23-18-,30-26?,31-25?. The number of amidine groups is 1. The van der Waals surface area contributed by atoms with E-state index in [1.807, 2.05) is 73.7 Å². The van der Waals surface area contributed by atoms with E-state index in [0.29, 0.717) is 11.4 Å². The minimum absolute atomic E-state index is 0.144. The van der Waals surface area contributed by atoms with Gasteiger partial charge in [-0.25, -0.2) is 4.99 Å². The van der Waals surface area contributed by atoms with E-state index in [0.717, 1.165) is 32.1 Å². The van der Waals surface area contributed by atoms with Gasteiger partial charge in [0, 0.05) is 18.1 Å². The molecule has 0 spiro atoms. The third-order valence-electron chi connectivity index (χ3n) is 5.30. The number of hydrogen-bond donors (Lipinski definition) is 0. The van der Waals surface area contributed by atoms with Crippen LogP contribution in [0.25, 0.3) is 22.6 Å². The summed E-state index contributed by atoms with van der Waals surface area (Å²) in [5.41, 5.74) is 4.35. The molecule has 32 heavy (non-hydrogen) atoms. The van der Waals surface area contributed by atoms with Gasteiger partial charge in [0.15, 0.2) is 5.84 Å². The minimum Gasteiger partial charge on any atom is -0.310 e. The average Bonchev–Trinajstić information content (AvgIpc) is 2.82. The fourth-order valence-corrected chi connectivity index (χ4v) is 3.65. The second kappa shape index (κ2) is 9.56. The number of pyridine rings is 1. The summed E-state index contributed by atoms with van der Waals surface area (Å²) >= 11 is 0. The highest BCUT2D eigenvalue weighted by Crippen LogP contribution is 2.22. The first kappa shape index (κ1) is 21.4. The molecule has 0 fully saturated rings. The van der Waals surface area contributed by atoms with Crippen LogP contribution in [0, 0.1) is 6.92 Å². The van der Waals surface area contributed by atoms with E-state index in [2.05, 4.69) is 9.98 Å². The molecule has 0 saturated carbocycles. The number of benzene rings is 3. The first-order valence-corrected chi connectivity index (χ1v) is 10.3. The van der Waals surface area contributed by atoms with Crippen LogP contribution in [0.5, 0.6) is 0 Å².